The van der Waals surface area contributed by atoms with E-state index in [4.69, 9.17) is 17.3 Å². The van der Waals surface area contributed by atoms with Crippen LogP contribution in [0.1, 0.15) is 39.4 Å². The van der Waals surface area contributed by atoms with E-state index in [1.54, 1.807) is 24.4 Å². The lowest BCUT2D eigenvalue weighted by Gasteiger charge is -2.21. The number of nitrogens with two attached hydrogens (primary N) is 1. The molecule has 3 rings (SSSR count). The number of rotatable bonds is 4. The molecule has 2 aromatic rings. The Morgan fingerprint density at radius 3 is 2.93 bits per heavy atom. The number of anilines is 1. The lowest BCUT2D eigenvalue weighted by Crippen LogP contribution is -2.31. The first-order chi connectivity index (χ1) is 13.0. The minimum atomic E-state index is -0.706. The van der Waals surface area contributed by atoms with Gasteiger partial charge in [0.1, 0.15) is 5.15 Å². The Morgan fingerprint density at radius 2 is 2.26 bits per heavy atom. The number of urea groups is 1. The van der Waals surface area contributed by atoms with Crippen LogP contribution < -0.4 is 16.4 Å². The molecule has 1 atom stereocenters. The summed E-state index contributed by atoms with van der Waals surface area (Å²) in [7, 11) is 0. The highest BCUT2D eigenvalue weighted by molar-refractivity contribution is 7.15. The van der Waals surface area contributed by atoms with Crippen molar-refractivity contribution >= 4 is 40.4 Å². The van der Waals surface area contributed by atoms with Gasteiger partial charge in [-0.25, -0.2) is 9.78 Å². The molecular weight excluding hydrogens is 384 g/mol. The molecule has 6 nitrogen and oxygen atoms in total. The average Bonchev–Trinajstić information content (AvgIpc) is 3.04. The van der Waals surface area contributed by atoms with Crippen molar-refractivity contribution in [2.45, 2.75) is 19.3 Å². The van der Waals surface area contributed by atoms with E-state index in [0.29, 0.717) is 38.5 Å². The average molecular weight is 403 g/mol. The summed E-state index contributed by atoms with van der Waals surface area (Å²) in [6.45, 7) is 1.84. The highest BCUT2D eigenvalue weighted by Crippen LogP contribution is 2.30. The third-order valence-corrected chi connectivity index (χ3v) is 5.49. The number of carbonyl (C=O) groups is 2. The largest absolute Gasteiger partial charge is 0.351 e. The molecule has 0 aromatic carbocycles. The SMILES string of the molecule is NC(=O)Nc1cc(C#Cc2ccc(Cl)nc2)sc1C(=O)C[C@H]1CCCNC1. The molecule has 0 spiro atoms. The first-order valence-electron chi connectivity index (χ1n) is 8.59. The Bertz CT molecular complexity index is 893. The Kier molecular flexibility index (Phi) is 6.45. The molecule has 3 heterocycles. The molecule has 4 N–H and O–H groups in total. The van der Waals surface area contributed by atoms with E-state index in [-0.39, 0.29) is 5.78 Å². The fraction of sp³-hybridized carbons (Fsp3) is 0.316. The van der Waals surface area contributed by atoms with Gasteiger partial charge in [0.05, 0.1) is 15.4 Å². The Morgan fingerprint density at radius 1 is 1.41 bits per heavy atom. The maximum absolute atomic E-state index is 12.8. The molecule has 1 fully saturated rings. The molecule has 1 aliphatic rings. The fourth-order valence-corrected chi connectivity index (χ4v) is 3.95. The van der Waals surface area contributed by atoms with Crippen molar-refractivity contribution in [2.75, 3.05) is 18.4 Å². The number of nitrogens with one attached hydrogen (secondary N) is 2. The van der Waals surface area contributed by atoms with Gasteiger partial charge in [0.15, 0.2) is 5.78 Å². The highest BCUT2D eigenvalue weighted by atomic mass is 35.5. The normalized spacial score (nSPS) is 16.3. The van der Waals surface area contributed by atoms with Crippen LogP contribution in [0.5, 0.6) is 0 Å². The van der Waals surface area contributed by atoms with Crippen LogP contribution in [0.4, 0.5) is 10.5 Å². The number of Topliss-reactive ketones (excluding diaryl/α,β-unsaturated/α-hetero) is 1. The topological polar surface area (TPSA) is 97.1 Å². The zero-order chi connectivity index (χ0) is 19.2. The van der Waals surface area contributed by atoms with Crippen molar-refractivity contribution in [3.63, 3.8) is 0 Å². The van der Waals surface area contributed by atoms with E-state index in [1.807, 2.05) is 0 Å². The molecule has 0 saturated carbocycles. The van der Waals surface area contributed by atoms with E-state index >= 15 is 0 Å². The quantitative estimate of drug-likeness (QED) is 0.415. The van der Waals surface area contributed by atoms with Crippen molar-refractivity contribution < 1.29 is 9.59 Å². The number of ketones is 1. The lowest BCUT2D eigenvalue weighted by atomic mass is 9.93. The third-order valence-electron chi connectivity index (χ3n) is 4.17. The number of pyridine rings is 1. The molecule has 2 amide bonds. The second kappa shape index (κ2) is 9.00. The summed E-state index contributed by atoms with van der Waals surface area (Å²) in [5.74, 6) is 6.29. The van der Waals surface area contributed by atoms with E-state index < -0.39 is 6.03 Å². The molecule has 0 aliphatic carbocycles. The predicted octanol–water partition coefficient (Wildman–Crippen LogP) is 3.26. The second-order valence-corrected chi connectivity index (χ2v) is 7.74. The number of primary amides is 1. The first-order valence-corrected chi connectivity index (χ1v) is 9.78. The van der Waals surface area contributed by atoms with Crippen LogP contribution in [0.3, 0.4) is 0 Å². The Balaban J connectivity index is 1.81. The van der Waals surface area contributed by atoms with Gasteiger partial charge in [0.25, 0.3) is 0 Å². The van der Waals surface area contributed by atoms with Crippen LogP contribution in [-0.2, 0) is 0 Å². The standard InChI is InChI=1S/C19H19ClN4O2S/c20-17-6-4-12(11-23-17)3-5-14-9-15(24-19(21)26)18(27-14)16(25)8-13-2-1-7-22-10-13/h4,6,9,11,13,22H,1-2,7-8,10H2,(H3,21,24,26)/t13-/m1/s1. The summed E-state index contributed by atoms with van der Waals surface area (Å²) in [6, 6.07) is 4.40. The minimum Gasteiger partial charge on any atom is -0.351 e. The van der Waals surface area contributed by atoms with Gasteiger partial charge in [-0.2, -0.15) is 0 Å². The molecule has 0 bridgehead atoms. The van der Waals surface area contributed by atoms with Gasteiger partial charge in [-0.15, -0.1) is 11.3 Å². The lowest BCUT2D eigenvalue weighted by molar-refractivity contribution is 0.0958. The van der Waals surface area contributed by atoms with Gasteiger partial charge in [0.2, 0.25) is 0 Å². The summed E-state index contributed by atoms with van der Waals surface area (Å²) in [5, 5.41) is 6.24. The van der Waals surface area contributed by atoms with Crippen molar-refractivity contribution in [1.82, 2.24) is 10.3 Å². The van der Waals surface area contributed by atoms with Crippen LogP contribution in [0, 0.1) is 17.8 Å². The molecule has 2 aromatic heterocycles. The van der Waals surface area contributed by atoms with Crippen molar-refractivity contribution in [3.8, 4) is 11.8 Å². The summed E-state index contributed by atoms with van der Waals surface area (Å²) in [4.78, 5) is 29.2. The van der Waals surface area contributed by atoms with E-state index in [0.717, 1.165) is 25.9 Å². The zero-order valence-corrected chi connectivity index (χ0v) is 16.1. The number of nitrogens with zero attached hydrogens (tertiary/aromatic N) is 1. The Hall–Kier alpha value is -2.40. The van der Waals surface area contributed by atoms with Crippen LogP contribution in [0.25, 0.3) is 0 Å². The Labute approximate surface area is 166 Å². The summed E-state index contributed by atoms with van der Waals surface area (Å²) in [5.41, 5.74) is 6.37. The number of piperidine rings is 1. The van der Waals surface area contributed by atoms with Crippen LogP contribution >= 0.6 is 22.9 Å². The first kappa shape index (κ1) is 19.4. The van der Waals surface area contributed by atoms with Crippen LogP contribution in [0.15, 0.2) is 24.4 Å². The number of halogens is 1. The molecular formula is C19H19ClN4O2S. The molecule has 1 aliphatic heterocycles. The number of aromatic nitrogens is 1. The predicted molar refractivity (Wildman–Crippen MR) is 107 cm³/mol. The number of hydrogen-bond donors (Lipinski definition) is 3. The van der Waals surface area contributed by atoms with Crippen LogP contribution in [-0.4, -0.2) is 29.9 Å². The molecule has 27 heavy (non-hydrogen) atoms. The van der Waals surface area contributed by atoms with E-state index in [1.165, 1.54) is 11.3 Å². The smallest absolute Gasteiger partial charge is 0.316 e. The number of amides is 2. The maximum Gasteiger partial charge on any atom is 0.316 e. The summed E-state index contributed by atoms with van der Waals surface area (Å²) in [6.07, 6.45) is 4.11. The number of thiophene rings is 1. The molecule has 140 valence electrons. The van der Waals surface area contributed by atoms with Crippen LogP contribution in [0.2, 0.25) is 5.15 Å². The van der Waals surface area contributed by atoms with E-state index in [2.05, 4.69) is 27.5 Å². The minimum absolute atomic E-state index is 0.00124. The second-order valence-electron chi connectivity index (χ2n) is 6.30. The fourth-order valence-electron chi connectivity index (χ4n) is 2.92. The highest BCUT2D eigenvalue weighted by Gasteiger charge is 2.22. The number of hydrogen-bond acceptors (Lipinski definition) is 5. The molecule has 1 saturated heterocycles. The zero-order valence-electron chi connectivity index (χ0n) is 14.5. The van der Waals surface area contributed by atoms with Gasteiger partial charge in [0, 0.05) is 18.2 Å². The molecule has 8 heteroatoms. The van der Waals surface area contributed by atoms with Gasteiger partial charge in [-0.05, 0) is 50.0 Å². The summed E-state index contributed by atoms with van der Waals surface area (Å²) < 4.78 is 0. The van der Waals surface area contributed by atoms with Gasteiger partial charge >= 0.3 is 6.03 Å². The van der Waals surface area contributed by atoms with Crippen molar-refractivity contribution in [1.29, 1.82) is 0 Å². The monoisotopic (exact) mass is 402 g/mol. The molecule has 0 unspecified atom stereocenters. The summed E-state index contributed by atoms with van der Waals surface area (Å²) >= 11 is 7.03. The molecule has 0 radical (unpaired) electrons. The third kappa shape index (κ3) is 5.54. The maximum atomic E-state index is 12.8. The van der Waals surface area contributed by atoms with Crippen molar-refractivity contribution in [3.05, 3.63) is 44.9 Å². The van der Waals surface area contributed by atoms with Gasteiger partial charge in [-0.3, -0.25) is 4.79 Å². The van der Waals surface area contributed by atoms with Gasteiger partial charge < -0.3 is 16.4 Å². The number of carbonyl (C=O) groups excluding carboxylic acids is 2. The van der Waals surface area contributed by atoms with Gasteiger partial charge in [-0.1, -0.05) is 23.4 Å². The van der Waals surface area contributed by atoms with Crippen molar-refractivity contribution in [2.24, 2.45) is 11.7 Å². The van der Waals surface area contributed by atoms with E-state index in [9.17, 15) is 9.59 Å².